The fourth-order valence-corrected chi connectivity index (χ4v) is 4.13. The third-order valence-electron chi connectivity index (χ3n) is 6.02. The van der Waals surface area contributed by atoms with E-state index in [2.05, 4.69) is 4.98 Å². The highest BCUT2D eigenvalue weighted by molar-refractivity contribution is 6.10. The van der Waals surface area contributed by atoms with Gasteiger partial charge in [-0.1, -0.05) is 35.9 Å². The molecule has 5 rings (SSSR count). The third-order valence-corrected chi connectivity index (χ3v) is 6.02. The number of carbonyl (C=O) groups is 1. The van der Waals surface area contributed by atoms with Crippen LogP contribution < -0.4 is 10.3 Å². The number of aryl methyl sites for hydroxylation is 4. The number of aromatic nitrogens is 1. The normalized spacial score (nSPS) is 15.5. The van der Waals surface area contributed by atoms with Gasteiger partial charge in [-0.2, -0.15) is 0 Å². The molecular formula is C26H22N2O3. The molecule has 0 N–H and O–H groups in total. The van der Waals surface area contributed by atoms with E-state index < -0.39 is 6.04 Å². The molecule has 1 amide bonds. The highest BCUT2D eigenvalue weighted by Gasteiger charge is 2.44. The van der Waals surface area contributed by atoms with Crippen LogP contribution in [-0.4, -0.2) is 10.9 Å². The Bertz CT molecular complexity index is 1400. The van der Waals surface area contributed by atoms with Crippen molar-refractivity contribution in [1.82, 2.24) is 4.98 Å². The Morgan fingerprint density at radius 3 is 2.23 bits per heavy atom. The third kappa shape index (κ3) is 2.96. The predicted octanol–water partition coefficient (Wildman–Crippen LogP) is 5.17. The Hall–Kier alpha value is -3.73. The van der Waals surface area contributed by atoms with Gasteiger partial charge in [-0.05, 0) is 68.1 Å². The van der Waals surface area contributed by atoms with Gasteiger partial charge >= 0.3 is 0 Å². The minimum absolute atomic E-state index is 0.0914. The summed E-state index contributed by atoms with van der Waals surface area (Å²) < 4.78 is 6.07. The summed E-state index contributed by atoms with van der Waals surface area (Å²) in [6.07, 6.45) is 1.72. The lowest BCUT2D eigenvalue weighted by Crippen LogP contribution is -2.30. The van der Waals surface area contributed by atoms with Crippen molar-refractivity contribution in [2.45, 2.75) is 33.7 Å². The van der Waals surface area contributed by atoms with Crippen LogP contribution in [0.3, 0.4) is 0 Å². The summed E-state index contributed by atoms with van der Waals surface area (Å²) >= 11 is 0. The van der Waals surface area contributed by atoms with Crippen molar-refractivity contribution in [3.63, 3.8) is 0 Å². The van der Waals surface area contributed by atoms with Gasteiger partial charge in [0.05, 0.1) is 17.0 Å². The number of pyridine rings is 1. The summed E-state index contributed by atoms with van der Waals surface area (Å²) in [5.74, 6) is 0.228. The summed E-state index contributed by atoms with van der Waals surface area (Å²) in [7, 11) is 0. The zero-order valence-electron chi connectivity index (χ0n) is 17.9. The molecule has 0 aliphatic carbocycles. The molecule has 31 heavy (non-hydrogen) atoms. The maximum atomic E-state index is 13.7. The van der Waals surface area contributed by atoms with E-state index >= 15 is 0 Å². The lowest BCUT2D eigenvalue weighted by Gasteiger charge is -2.24. The molecule has 5 nitrogen and oxygen atoms in total. The van der Waals surface area contributed by atoms with E-state index in [4.69, 9.17) is 4.42 Å². The minimum atomic E-state index is -0.597. The number of hydrogen-bond acceptors (Lipinski definition) is 4. The first-order valence-electron chi connectivity index (χ1n) is 10.3. The minimum Gasteiger partial charge on any atom is -0.450 e. The maximum absolute atomic E-state index is 13.7. The Labute approximate surface area is 180 Å². The predicted molar refractivity (Wildman–Crippen MR) is 121 cm³/mol. The monoisotopic (exact) mass is 410 g/mol. The molecule has 0 bridgehead atoms. The number of hydrogen-bond donors (Lipinski definition) is 0. The second kappa shape index (κ2) is 6.91. The smallest absolute Gasteiger partial charge is 0.296 e. The van der Waals surface area contributed by atoms with E-state index in [0.717, 1.165) is 27.8 Å². The van der Waals surface area contributed by atoms with Gasteiger partial charge in [0, 0.05) is 6.20 Å². The molecular weight excluding hydrogens is 388 g/mol. The van der Waals surface area contributed by atoms with Crippen LogP contribution in [-0.2, 0) is 0 Å². The molecule has 1 aliphatic heterocycles. The van der Waals surface area contributed by atoms with Gasteiger partial charge < -0.3 is 4.42 Å². The van der Waals surface area contributed by atoms with Crippen molar-refractivity contribution in [3.05, 3.63) is 104 Å². The van der Waals surface area contributed by atoms with Crippen molar-refractivity contribution in [1.29, 1.82) is 0 Å². The second-order valence-electron chi connectivity index (χ2n) is 8.29. The molecule has 5 heteroatoms. The SMILES string of the molecule is Cc1ccc(C2c3c(oc4cc(C)c(C)cc4c3=O)C(=O)N2c2ccc(C)cn2)cc1. The van der Waals surface area contributed by atoms with E-state index in [1.807, 2.05) is 70.2 Å². The van der Waals surface area contributed by atoms with Gasteiger partial charge in [-0.25, -0.2) is 4.98 Å². The van der Waals surface area contributed by atoms with Gasteiger partial charge in [0.2, 0.25) is 5.76 Å². The molecule has 0 radical (unpaired) electrons. The molecule has 1 aliphatic rings. The Balaban J connectivity index is 1.82. The first-order valence-corrected chi connectivity index (χ1v) is 10.3. The lowest BCUT2D eigenvalue weighted by atomic mass is 9.97. The summed E-state index contributed by atoms with van der Waals surface area (Å²) in [5, 5.41) is 0.491. The molecule has 154 valence electrons. The van der Waals surface area contributed by atoms with Crippen molar-refractivity contribution >= 4 is 22.7 Å². The summed E-state index contributed by atoms with van der Waals surface area (Å²) in [6.45, 7) is 7.87. The number of nitrogens with zero attached hydrogens (tertiary/aromatic N) is 2. The van der Waals surface area contributed by atoms with Crippen molar-refractivity contribution < 1.29 is 9.21 Å². The molecule has 3 heterocycles. The Morgan fingerprint density at radius 1 is 0.871 bits per heavy atom. The van der Waals surface area contributed by atoms with Crippen LogP contribution in [0.25, 0.3) is 11.0 Å². The molecule has 1 unspecified atom stereocenters. The van der Waals surface area contributed by atoms with Crippen LogP contribution in [0.2, 0.25) is 0 Å². The fraction of sp³-hybridized carbons (Fsp3) is 0.192. The molecule has 0 saturated carbocycles. The zero-order chi connectivity index (χ0) is 21.9. The van der Waals surface area contributed by atoms with E-state index in [1.165, 1.54) is 0 Å². The number of benzene rings is 2. The fourth-order valence-electron chi connectivity index (χ4n) is 4.13. The molecule has 2 aromatic carbocycles. The van der Waals surface area contributed by atoms with Crippen LogP contribution in [0.1, 0.15) is 50.0 Å². The molecule has 4 aromatic rings. The van der Waals surface area contributed by atoms with E-state index in [-0.39, 0.29) is 17.1 Å². The lowest BCUT2D eigenvalue weighted by molar-refractivity contribution is 0.0970. The van der Waals surface area contributed by atoms with Crippen LogP contribution in [0.4, 0.5) is 5.82 Å². The van der Waals surface area contributed by atoms with Crippen LogP contribution in [0.15, 0.2) is 63.9 Å². The molecule has 1 atom stereocenters. The first-order chi connectivity index (χ1) is 14.8. The highest BCUT2D eigenvalue weighted by atomic mass is 16.3. The largest absolute Gasteiger partial charge is 0.450 e. The topological polar surface area (TPSA) is 63.4 Å². The van der Waals surface area contributed by atoms with Gasteiger partial charge in [0.1, 0.15) is 11.4 Å². The van der Waals surface area contributed by atoms with Crippen LogP contribution >= 0.6 is 0 Å². The van der Waals surface area contributed by atoms with Gasteiger partial charge in [-0.3, -0.25) is 14.5 Å². The van der Waals surface area contributed by atoms with E-state index in [0.29, 0.717) is 22.4 Å². The van der Waals surface area contributed by atoms with Gasteiger partial charge in [0.25, 0.3) is 5.91 Å². The number of rotatable bonds is 2. The highest BCUT2D eigenvalue weighted by Crippen LogP contribution is 2.40. The van der Waals surface area contributed by atoms with Gasteiger partial charge in [-0.15, -0.1) is 0 Å². The molecule has 0 spiro atoms. The zero-order valence-corrected chi connectivity index (χ0v) is 17.9. The van der Waals surface area contributed by atoms with Crippen LogP contribution in [0.5, 0.6) is 0 Å². The van der Waals surface area contributed by atoms with Gasteiger partial charge in [0.15, 0.2) is 5.43 Å². The molecule has 0 fully saturated rings. The second-order valence-corrected chi connectivity index (χ2v) is 8.29. The number of carbonyl (C=O) groups excluding carboxylic acids is 1. The average Bonchev–Trinajstić information content (AvgIpc) is 3.04. The van der Waals surface area contributed by atoms with Crippen LogP contribution in [0, 0.1) is 27.7 Å². The van der Waals surface area contributed by atoms with E-state index in [9.17, 15) is 9.59 Å². The van der Waals surface area contributed by atoms with E-state index in [1.54, 1.807) is 17.2 Å². The molecule has 0 saturated heterocycles. The maximum Gasteiger partial charge on any atom is 0.296 e. The summed E-state index contributed by atoms with van der Waals surface area (Å²) in [4.78, 5) is 33.2. The van der Waals surface area contributed by atoms with Crippen molar-refractivity contribution in [3.8, 4) is 0 Å². The quantitative estimate of drug-likeness (QED) is 0.457. The standard InChI is InChI=1S/C26H22N2O3/c1-14-5-8-18(9-6-14)23-22-24(29)19-11-16(3)17(4)12-20(19)31-25(22)26(30)28(23)21-10-7-15(2)13-27-21/h5-13,23H,1-4H3. The number of amides is 1. The summed E-state index contributed by atoms with van der Waals surface area (Å²) in [5.41, 5.74) is 5.58. The van der Waals surface area contributed by atoms with Crippen molar-refractivity contribution in [2.75, 3.05) is 4.90 Å². The Kier molecular flexibility index (Phi) is 4.29. The Morgan fingerprint density at radius 2 is 1.55 bits per heavy atom. The average molecular weight is 410 g/mol. The first kappa shape index (κ1) is 19.2. The number of fused-ring (bicyclic) bond motifs is 2. The summed E-state index contributed by atoms with van der Waals surface area (Å²) in [6, 6.07) is 14.7. The van der Waals surface area contributed by atoms with Crippen molar-refractivity contribution in [2.24, 2.45) is 0 Å². The molecule has 2 aromatic heterocycles. The number of anilines is 1.